The van der Waals surface area contributed by atoms with Gasteiger partial charge in [-0.3, -0.25) is 4.79 Å². The van der Waals surface area contributed by atoms with Gasteiger partial charge in [0.1, 0.15) is 6.54 Å². The summed E-state index contributed by atoms with van der Waals surface area (Å²) in [6, 6.07) is 0. The van der Waals surface area contributed by atoms with E-state index in [1.165, 1.54) is 0 Å². The SMILES string of the molecule is CCOC(=O)NN(CC(=O)CC(C)C)C(=O)OCC. The highest BCUT2D eigenvalue weighted by molar-refractivity contribution is 5.85. The smallest absolute Gasteiger partial charge is 0.429 e. The van der Waals surface area contributed by atoms with Crippen LogP contribution in [0.3, 0.4) is 0 Å². The Kier molecular flexibility index (Phi) is 8.32. The number of amides is 2. The van der Waals surface area contributed by atoms with Crippen molar-refractivity contribution in [2.45, 2.75) is 34.1 Å². The summed E-state index contributed by atoms with van der Waals surface area (Å²) in [5, 5.41) is 0.826. The standard InChI is InChI=1S/C12H22N2O5/c1-5-18-11(16)13-14(12(17)19-6-2)8-10(15)7-9(3)4/h9H,5-8H2,1-4H3,(H,13,16). The molecule has 2 amide bonds. The second kappa shape index (κ2) is 9.18. The van der Waals surface area contributed by atoms with Crippen molar-refractivity contribution in [2.75, 3.05) is 19.8 Å². The highest BCUT2D eigenvalue weighted by atomic mass is 16.6. The van der Waals surface area contributed by atoms with E-state index in [0.29, 0.717) is 6.42 Å². The van der Waals surface area contributed by atoms with Gasteiger partial charge in [-0.05, 0) is 19.8 Å². The zero-order valence-corrected chi connectivity index (χ0v) is 11.9. The number of hydrazine groups is 1. The van der Waals surface area contributed by atoms with E-state index >= 15 is 0 Å². The molecule has 0 atom stereocenters. The summed E-state index contributed by atoms with van der Waals surface area (Å²) in [5.74, 6) is 0.0130. The predicted molar refractivity (Wildman–Crippen MR) is 68.3 cm³/mol. The minimum absolute atomic E-state index is 0.151. The molecule has 0 rings (SSSR count). The van der Waals surface area contributed by atoms with E-state index in [1.807, 2.05) is 13.8 Å². The summed E-state index contributed by atoms with van der Waals surface area (Å²) >= 11 is 0. The number of Topliss-reactive ketones (excluding diaryl/α,β-unsaturated/α-hetero) is 1. The fourth-order valence-corrected chi connectivity index (χ4v) is 1.32. The van der Waals surface area contributed by atoms with Crippen LogP contribution in [0.2, 0.25) is 0 Å². The van der Waals surface area contributed by atoms with E-state index in [-0.39, 0.29) is 31.5 Å². The van der Waals surface area contributed by atoms with Crippen LogP contribution in [-0.4, -0.2) is 42.7 Å². The summed E-state index contributed by atoms with van der Waals surface area (Å²) in [7, 11) is 0. The van der Waals surface area contributed by atoms with Crippen molar-refractivity contribution in [2.24, 2.45) is 5.92 Å². The normalized spacial score (nSPS) is 9.95. The van der Waals surface area contributed by atoms with E-state index in [0.717, 1.165) is 5.01 Å². The minimum atomic E-state index is -0.798. The van der Waals surface area contributed by atoms with Gasteiger partial charge in [-0.1, -0.05) is 13.8 Å². The van der Waals surface area contributed by atoms with Crippen LogP contribution in [0.5, 0.6) is 0 Å². The molecule has 1 N–H and O–H groups in total. The van der Waals surface area contributed by atoms with Gasteiger partial charge in [-0.15, -0.1) is 0 Å². The van der Waals surface area contributed by atoms with Crippen LogP contribution in [-0.2, 0) is 14.3 Å². The maximum atomic E-state index is 11.7. The number of nitrogens with one attached hydrogen (secondary N) is 1. The van der Waals surface area contributed by atoms with Crippen molar-refractivity contribution >= 4 is 18.0 Å². The van der Waals surface area contributed by atoms with Gasteiger partial charge in [0, 0.05) is 6.42 Å². The highest BCUT2D eigenvalue weighted by Gasteiger charge is 2.21. The Bertz CT molecular complexity index is 317. The molecule has 0 spiro atoms. The number of carbonyl (C=O) groups is 3. The lowest BCUT2D eigenvalue weighted by molar-refractivity contribution is -0.121. The molecule has 0 heterocycles. The number of ether oxygens (including phenoxy) is 2. The molecular formula is C12H22N2O5. The van der Waals surface area contributed by atoms with E-state index in [9.17, 15) is 14.4 Å². The third-order valence-electron chi connectivity index (χ3n) is 1.96. The van der Waals surface area contributed by atoms with Crippen molar-refractivity contribution in [1.29, 1.82) is 0 Å². The summed E-state index contributed by atoms with van der Waals surface area (Å²) in [5.41, 5.74) is 2.18. The zero-order valence-electron chi connectivity index (χ0n) is 11.9. The Labute approximate surface area is 113 Å². The summed E-state index contributed by atoms with van der Waals surface area (Å²) in [4.78, 5) is 34.5. The molecule has 0 unspecified atom stereocenters. The van der Waals surface area contributed by atoms with Gasteiger partial charge < -0.3 is 9.47 Å². The molecule has 0 aromatic heterocycles. The molecule has 0 saturated heterocycles. The maximum absolute atomic E-state index is 11.7. The Hall–Kier alpha value is -1.79. The molecule has 0 aromatic carbocycles. The average Bonchev–Trinajstić information content (AvgIpc) is 2.27. The molecule has 0 radical (unpaired) electrons. The van der Waals surface area contributed by atoms with Crippen molar-refractivity contribution < 1.29 is 23.9 Å². The van der Waals surface area contributed by atoms with E-state index in [4.69, 9.17) is 4.74 Å². The number of hydrogen-bond donors (Lipinski definition) is 1. The molecule has 7 nitrogen and oxygen atoms in total. The first kappa shape index (κ1) is 17.2. The molecule has 19 heavy (non-hydrogen) atoms. The lowest BCUT2D eigenvalue weighted by Gasteiger charge is -2.21. The minimum Gasteiger partial charge on any atom is -0.449 e. The summed E-state index contributed by atoms with van der Waals surface area (Å²) < 4.78 is 9.41. The topological polar surface area (TPSA) is 84.9 Å². The van der Waals surface area contributed by atoms with Crippen LogP contribution in [0.1, 0.15) is 34.1 Å². The first-order valence-electron chi connectivity index (χ1n) is 6.30. The van der Waals surface area contributed by atoms with Crippen LogP contribution < -0.4 is 5.43 Å². The summed E-state index contributed by atoms with van der Waals surface area (Å²) in [6.45, 7) is 7.14. The van der Waals surface area contributed by atoms with Crippen molar-refractivity contribution in [3.05, 3.63) is 0 Å². The maximum Gasteiger partial charge on any atom is 0.429 e. The molecule has 0 aliphatic rings. The lowest BCUT2D eigenvalue weighted by Crippen LogP contribution is -2.49. The van der Waals surface area contributed by atoms with Gasteiger partial charge in [0.05, 0.1) is 13.2 Å². The second-order valence-electron chi connectivity index (χ2n) is 4.25. The van der Waals surface area contributed by atoms with Gasteiger partial charge in [0.2, 0.25) is 0 Å². The average molecular weight is 274 g/mol. The molecular weight excluding hydrogens is 252 g/mol. The molecule has 0 aliphatic carbocycles. The van der Waals surface area contributed by atoms with Gasteiger partial charge >= 0.3 is 12.2 Å². The molecule has 7 heteroatoms. The molecule has 0 bridgehead atoms. The number of carbonyl (C=O) groups excluding carboxylic acids is 3. The van der Waals surface area contributed by atoms with E-state index in [1.54, 1.807) is 13.8 Å². The van der Waals surface area contributed by atoms with Gasteiger partial charge in [0.15, 0.2) is 5.78 Å². The summed E-state index contributed by atoms with van der Waals surface area (Å²) in [6.07, 6.45) is -1.26. The van der Waals surface area contributed by atoms with Crippen LogP contribution in [0, 0.1) is 5.92 Å². The van der Waals surface area contributed by atoms with E-state index in [2.05, 4.69) is 10.2 Å². The van der Waals surface area contributed by atoms with Crippen LogP contribution in [0.4, 0.5) is 9.59 Å². The van der Waals surface area contributed by atoms with Gasteiger partial charge in [0.25, 0.3) is 0 Å². The molecule has 0 aromatic rings. The molecule has 0 aliphatic heterocycles. The Morgan fingerprint density at radius 1 is 1.11 bits per heavy atom. The fourth-order valence-electron chi connectivity index (χ4n) is 1.32. The van der Waals surface area contributed by atoms with Crippen molar-refractivity contribution in [3.63, 3.8) is 0 Å². The van der Waals surface area contributed by atoms with E-state index < -0.39 is 12.2 Å². The van der Waals surface area contributed by atoms with Crippen LogP contribution in [0.25, 0.3) is 0 Å². The predicted octanol–water partition coefficient (Wildman–Crippen LogP) is 1.72. The fraction of sp³-hybridized carbons (Fsp3) is 0.750. The van der Waals surface area contributed by atoms with Crippen molar-refractivity contribution in [3.8, 4) is 0 Å². The first-order chi connectivity index (χ1) is 8.90. The Morgan fingerprint density at radius 3 is 2.16 bits per heavy atom. The number of ketones is 1. The monoisotopic (exact) mass is 274 g/mol. The third kappa shape index (κ3) is 8.01. The second-order valence-corrected chi connectivity index (χ2v) is 4.25. The number of nitrogens with zero attached hydrogens (tertiary/aromatic N) is 1. The zero-order chi connectivity index (χ0) is 14.8. The van der Waals surface area contributed by atoms with Gasteiger partial charge in [-0.2, -0.15) is 0 Å². The number of hydrogen-bond acceptors (Lipinski definition) is 5. The van der Waals surface area contributed by atoms with Gasteiger partial charge in [-0.25, -0.2) is 20.0 Å². The first-order valence-corrected chi connectivity index (χ1v) is 6.30. The van der Waals surface area contributed by atoms with Crippen LogP contribution in [0.15, 0.2) is 0 Å². The largest absolute Gasteiger partial charge is 0.449 e. The molecule has 110 valence electrons. The highest BCUT2D eigenvalue weighted by Crippen LogP contribution is 2.02. The van der Waals surface area contributed by atoms with Crippen LogP contribution >= 0.6 is 0 Å². The number of rotatable bonds is 6. The van der Waals surface area contributed by atoms with Crippen molar-refractivity contribution in [1.82, 2.24) is 10.4 Å². The molecule has 0 fully saturated rings. The molecule has 0 saturated carbocycles. The Balaban J connectivity index is 4.53. The lowest BCUT2D eigenvalue weighted by atomic mass is 10.1. The Morgan fingerprint density at radius 2 is 1.68 bits per heavy atom. The third-order valence-corrected chi connectivity index (χ3v) is 1.96. The quantitative estimate of drug-likeness (QED) is 0.745.